The summed E-state index contributed by atoms with van der Waals surface area (Å²) in [4.78, 5) is 70.8. The first-order chi connectivity index (χ1) is 14.6. The van der Waals surface area contributed by atoms with Crippen LogP contribution in [0.15, 0.2) is 42.5 Å². The molecule has 1 atom stereocenters. The van der Waals surface area contributed by atoms with Crippen LogP contribution in [-0.2, 0) is 4.79 Å². The lowest BCUT2D eigenvalue weighted by Gasteiger charge is -2.16. The first-order valence-corrected chi connectivity index (χ1v) is 8.40. The molecular formula is C19H10N4O8. The molecule has 1 heterocycles. The van der Waals surface area contributed by atoms with Gasteiger partial charge >= 0.3 is 5.97 Å². The number of carbonyl (C=O) groups excluding carboxylic acids is 4. The van der Waals surface area contributed by atoms with Crippen molar-refractivity contribution in [2.45, 2.75) is 0 Å². The van der Waals surface area contributed by atoms with Crippen LogP contribution < -0.4 is 5.43 Å². The molecule has 0 spiro atoms. The van der Waals surface area contributed by atoms with Crippen molar-refractivity contribution in [2.24, 2.45) is 5.92 Å². The lowest BCUT2D eigenvalue weighted by molar-refractivity contribution is -0.384. The standard InChI is InChI=1S/C19H10N4O8/c20-8-14(15(24)9-1-4-11(5-2-9)23(30)31)16(25)21-22-17(26)12-6-3-10(19(28)29)7-13(12)18(22)27/h1-7,14H,(H,21,25)(H,28,29)/t14-/m1/s1. The minimum absolute atomic E-state index is 0.162. The molecule has 0 unspecified atom stereocenters. The molecule has 0 aromatic heterocycles. The number of hydrogen-bond donors (Lipinski definition) is 2. The van der Waals surface area contributed by atoms with Gasteiger partial charge in [0.2, 0.25) is 0 Å². The van der Waals surface area contributed by atoms with Crippen LogP contribution in [0, 0.1) is 27.4 Å². The summed E-state index contributed by atoms with van der Waals surface area (Å²) in [5.41, 5.74) is 0.753. The topological polar surface area (TPSA) is 188 Å². The number of nitro groups is 1. The second-order valence-corrected chi connectivity index (χ2v) is 6.22. The van der Waals surface area contributed by atoms with Gasteiger partial charge in [-0.25, -0.2) is 4.79 Å². The summed E-state index contributed by atoms with van der Waals surface area (Å²) in [6.45, 7) is 0. The minimum Gasteiger partial charge on any atom is -0.478 e. The number of rotatable bonds is 6. The Kier molecular flexibility index (Phi) is 5.26. The van der Waals surface area contributed by atoms with Gasteiger partial charge in [-0.15, -0.1) is 0 Å². The highest BCUT2D eigenvalue weighted by molar-refractivity contribution is 6.23. The van der Waals surface area contributed by atoms with E-state index in [0.29, 0.717) is 0 Å². The molecule has 2 aromatic rings. The molecule has 0 radical (unpaired) electrons. The summed E-state index contributed by atoms with van der Waals surface area (Å²) < 4.78 is 0. The van der Waals surface area contributed by atoms with E-state index in [4.69, 9.17) is 5.11 Å². The molecule has 2 aromatic carbocycles. The van der Waals surface area contributed by atoms with Crippen LogP contribution in [0.3, 0.4) is 0 Å². The number of Topliss-reactive ketones (excluding diaryl/α,β-unsaturated/α-hetero) is 1. The van der Waals surface area contributed by atoms with Crippen molar-refractivity contribution >= 4 is 35.2 Å². The SMILES string of the molecule is N#C[C@@H](C(=O)NN1C(=O)c2ccc(C(=O)O)cc2C1=O)C(=O)c1ccc([N+](=O)[O-])cc1. The van der Waals surface area contributed by atoms with E-state index in [1.54, 1.807) is 0 Å². The monoisotopic (exact) mass is 422 g/mol. The lowest BCUT2D eigenvalue weighted by Crippen LogP contribution is -2.49. The number of nitrogens with zero attached hydrogens (tertiary/aromatic N) is 3. The molecule has 31 heavy (non-hydrogen) atoms. The maximum Gasteiger partial charge on any atom is 0.335 e. The predicted molar refractivity (Wildman–Crippen MR) is 98.6 cm³/mol. The predicted octanol–water partition coefficient (Wildman–Crippen LogP) is 0.943. The fraction of sp³-hybridized carbons (Fsp3) is 0.0526. The smallest absolute Gasteiger partial charge is 0.335 e. The molecule has 0 saturated carbocycles. The van der Waals surface area contributed by atoms with Crippen LogP contribution in [0.2, 0.25) is 0 Å². The number of fused-ring (bicyclic) bond motifs is 1. The number of benzene rings is 2. The van der Waals surface area contributed by atoms with Gasteiger partial charge in [-0.1, -0.05) is 0 Å². The number of aromatic carboxylic acids is 1. The van der Waals surface area contributed by atoms with E-state index in [1.165, 1.54) is 6.07 Å². The van der Waals surface area contributed by atoms with Crippen molar-refractivity contribution in [1.82, 2.24) is 10.4 Å². The molecule has 12 nitrogen and oxygen atoms in total. The minimum atomic E-state index is -1.96. The molecule has 154 valence electrons. The normalized spacial score (nSPS) is 13.2. The summed E-state index contributed by atoms with van der Waals surface area (Å²) in [5.74, 6) is -7.57. The van der Waals surface area contributed by atoms with Crippen molar-refractivity contribution in [3.8, 4) is 6.07 Å². The third-order valence-electron chi connectivity index (χ3n) is 4.37. The Morgan fingerprint density at radius 1 is 1.03 bits per heavy atom. The number of imide groups is 1. The molecule has 12 heteroatoms. The third kappa shape index (κ3) is 3.70. The third-order valence-corrected chi connectivity index (χ3v) is 4.37. The van der Waals surface area contributed by atoms with E-state index >= 15 is 0 Å². The van der Waals surface area contributed by atoms with Crippen LogP contribution >= 0.6 is 0 Å². The van der Waals surface area contributed by atoms with E-state index in [2.05, 4.69) is 0 Å². The molecule has 0 bridgehead atoms. The van der Waals surface area contributed by atoms with Crippen molar-refractivity contribution in [1.29, 1.82) is 5.26 Å². The number of hydrazine groups is 1. The second-order valence-electron chi connectivity index (χ2n) is 6.22. The van der Waals surface area contributed by atoms with Gasteiger partial charge < -0.3 is 5.11 Å². The van der Waals surface area contributed by atoms with Crippen molar-refractivity contribution in [2.75, 3.05) is 0 Å². The van der Waals surface area contributed by atoms with Gasteiger partial charge in [0.05, 0.1) is 27.7 Å². The van der Waals surface area contributed by atoms with Gasteiger partial charge in [-0.3, -0.25) is 34.7 Å². The number of ketones is 1. The molecule has 1 aliphatic heterocycles. The zero-order valence-electron chi connectivity index (χ0n) is 15.3. The Bertz CT molecular complexity index is 1210. The maximum absolute atomic E-state index is 12.5. The molecule has 1 aliphatic rings. The Balaban J connectivity index is 1.80. The average Bonchev–Trinajstić information content (AvgIpc) is 2.98. The number of carbonyl (C=O) groups is 5. The van der Waals surface area contributed by atoms with Crippen LogP contribution in [-0.4, -0.2) is 44.5 Å². The number of nitriles is 1. The van der Waals surface area contributed by atoms with Gasteiger partial charge in [0, 0.05) is 17.7 Å². The summed E-state index contributed by atoms with van der Waals surface area (Å²) in [7, 11) is 0. The van der Waals surface area contributed by atoms with E-state index in [9.17, 15) is 39.3 Å². The van der Waals surface area contributed by atoms with E-state index in [0.717, 1.165) is 42.5 Å². The Morgan fingerprint density at radius 2 is 1.61 bits per heavy atom. The fourth-order valence-corrected chi connectivity index (χ4v) is 2.80. The molecular weight excluding hydrogens is 412 g/mol. The quantitative estimate of drug-likeness (QED) is 0.224. The summed E-state index contributed by atoms with van der Waals surface area (Å²) >= 11 is 0. The Hall–Kier alpha value is -4.92. The zero-order chi connectivity index (χ0) is 22.9. The number of amides is 3. The number of nitrogens with one attached hydrogen (secondary N) is 1. The van der Waals surface area contributed by atoms with Crippen molar-refractivity contribution < 1.29 is 34.0 Å². The molecule has 3 amide bonds. The van der Waals surface area contributed by atoms with E-state index in [1.807, 2.05) is 5.43 Å². The van der Waals surface area contributed by atoms with E-state index < -0.39 is 40.3 Å². The highest BCUT2D eigenvalue weighted by Gasteiger charge is 2.39. The highest BCUT2D eigenvalue weighted by atomic mass is 16.6. The number of non-ortho nitro benzene ring substituents is 1. The van der Waals surface area contributed by atoms with Crippen LogP contribution in [0.25, 0.3) is 0 Å². The Labute approximate surface area is 172 Å². The maximum atomic E-state index is 12.5. The zero-order valence-corrected chi connectivity index (χ0v) is 15.3. The van der Waals surface area contributed by atoms with Crippen LogP contribution in [0.5, 0.6) is 0 Å². The number of carboxylic acid groups (broad SMARTS) is 1. The molecule has 3 rings (SSSR count). The largest absolute Gasteiger partial charge is 0.478 e. The first kappa shape index (κ1) is 20.8. The van der Waals surface area contributed by atoms with E-state index in [-0.39, 0.29) is 33.0 Å². The van der Waals surface area contributed by atoms with Gasteiger partial charge in [-0.05, 0) is 30.3 Å². The van der Waals surface area contributed by atoms with Gasteiger partial charge in [0.15, 0.2) is 11.7 Å². The number of nitro benzene ring substituents is 1. The first-order valence-electron chi connectivity index (χ1n) is 8.40. The van der Waals surface area contributed by atoms with Crippen LogP contribution in [0.4, 0.5) is 5.69 Å². The van der Waals surface area contributed by atoms with Gasteiger partial charge in [0.1, 0.15) is 0 Å². The van der Waals surface area contributed by atoms with Crippen molar-refractivity contribution in [3.63, 3.8) is 0 Å². The Morgan fingerprint density at radius 3 is 2.16 bits per heavy atom. The molecule has 2 N–H and O–H groups in total. The fourth-order valence-electron chi connectivity index (χ4n) is 2.80. The van der Waals surface area contributed by atoms with Crippen molar-refractivity contribution in [3.05, 3.63) is 74.8 Å². The molecule has 0 saturated heterocycles. The van der Waals surface area contributed by atoms with Crippen LogP contribution in [0.1, 0.15) is 41.4 Å². The second kappa shape index (κ2) is 7.84. The summed E-state index contributed by atoms with van der Waals surface area (Å²) in [6, 6.07) is 8.80. The van der Waals surface area contributed by atoms with Gasteiger partial charge in [0.25, 0.3) is 23.4 Å². The summed E-state index contributed by atoms with van der Waals surface area (Å²) in [5, 5.41) is 29.2. The average molecular weight is 422 g/mol. The summed E-state index contributed by atoms with van der Waals surface area (Å²) in [6.07, 6.45) is 0. The number of carboxylic acids is 1. The van der Waals surface area contributed by atoms with Gasteiger partial charge in [-0.2, -0.15) is 10.3 Å². The molecule has 0 aliphatic carbocycles. The highest BCUT2D eigenvalue weighted by Crippen LogP contribution is 2.23. The molecule has 0 fully saturated rings. The number of hydrogen-bond acceptors (Lipinski definition) is 8. The lowest BCUT2D eigenvalue weighted by atomic mass is 9.98.